The maximum absolute atomic E-state index is 12.5. The van der Waals surface area contributed by atoms with Gasteiger partial charge in [-0.3, -0.25) is 4.79 Å². The first-order valence-electron chi connectivity index (χ1n) is 10.4. The Morgan fingerprint density at radius 3 is 2.61 bits per heavy atom. The first-order chi connectivity index (χ1) is 16.0. The Labute approximate surface area is 197 Å². The third-order valence-corrected chi connectivity index (χ3v) is 5.73. The molecule has 0 unspecified atom stereocenters. The van der Waals surface area contributed by atoms with Crippen molar-refractivity contribution in [2.75, 3.05) is 20.8 Å². The third-order valence-electron chi connectivity index (χ3n) is 4.82. The molecule has 1 aliphatic heterocycles. The minimum Gasteiger partial charge on any atom is -0.493 e. The van der Waals surface area contributed by atoms with E-state index in [1.807, 2.05) is 30.3 Å². The summed E-state index contributed by atoms with van der Waals surface area (Å²) in [6.07, 6.45) is 4.94. The van der Waals surface area contributed by atoms with Gasteiger partial charge in [-0.1, -0.05) is 25.1 Å². The van der Waals surface area contributed by atoms with Crippen molar-refractivity contribution in [3.8, 4) is 11.5 Å². The second-order valence-corrected chi connectivity index (χ2v) is 8.10. The summed E-state index contributed by atoms with van der Waals surface area (Å²) in [7, 11) is 2.81. The van der Waals surface area contributed by atoms with E-state index >= 15 is 0 Å². The lowest BCUT2D eigenvalue weighted by atomic mass is 10.0. The number of amides is 1. The van der Waals surface area contributed by atoms with Crippen LogP contribution in [-0.2, 0) is 27.2 Å². The second-order valence-electron chi connectivity index (χ2n) is 7.07. The molecule has 8 heteroatoms. The van der Waals surface area contributed by atoms with Crippen LogP contribution in [0.2, 0.25) is 0 Å². The minimum absolute atomic E-state index is 0.223. The van der Waals surface area contributed by atoms with Crippen molar-refractivity contribution in [1.82, 2.24) is 5.32 Å². The lowest BCUT2D eigenvalue weighted by Gasteiger charge is -2.15. The fraction of sp³-hybridized carbons (Fsp3) is 0.240. The number of hydrogen-bond donors (Lipinski definition) is 1. The van der Waals surface area contributed by atoms with Crippen LogP contribution in [0.4, 0.5) is 5.69 Å². The van der Waals surface area contributed by atoms with E-state index < -0.39 is 5.97 Å². The van der Waals surface area contributed by atoms with E-state index in [1.54, 1.807) is 18.2 Å². The lowest BCUT2D eigenvalue weighted by molar-refractivity contribution is -0.142. The van der Waals surface area contributed by atoms with Gasteiger partial charge in [-0.05, 0) is 66.1 Å². The second kappa shape index (κ2) is 11.4. The van der Waals surface area contributed by atoms with Gasteiger partial charge in [0.1, 0.15) is 0 Å². The van der Waals surface area contributed by atoms with Gasteiger partial charge in [-0.2, -0.15) is 0 Å². The standard InChI is InChI=1S/C25H26N2O5S/c1-5-7-18-12-17(13-20(30-3)23(18)32-15-22(28)31-4)14-21-24(29)27-25(33-21)26-19-10-8-16(6-2)9-11-19/h5,8-14H,1,6-7,15H2,2-4H3,(H,26,27,29)/b21-14-. The number of methoxy groups -OCH3 is 2. The Kier molecular flexibility index (Phi) is 8.32. The molecule has 1 aliphatic rings. The molecule has 0 aromatic heterocycles. The molecule has 2 aromatic carbocycles. The molecule has 3 rings (SSSR count). The number of benzene rings is 2. The molecule has 2 aromatic rings. The third kappa shape index (κ3) is 6.26. The normalized spacial score (nSPS) is 15.4. The number of aliphatic imine (C=N–C) groups is 1. The number of nitrogens with one attached hydrogen (secondary N) is 1. The maximum atomic E-state index is 12.5. The van der Waals surface area contributed by atoms with Crippen LogP contribution >= 0.6 is 11.8 Å². The Balaban J connectivity index is 1.87. The van der Waals surface area contributed by atoms with Crippen molar-refractivity contribution >= 4 is 40.6 Å². The minimum atomic E-state index is -0.497. The number of thioether (sulfide) groups is 1. The van der Waals surface area contributed by atoms with Crippen molar-refractivity contribution in [2.45, 2.75) is 19.8 Å². The van der Waals surface area contributed by atoms with Crippen LogP contribution in [0.3, 0.4) is 0 Å². The molecule has 0 atom stereocenters. The summed E-state index contributed by atoms with van der Waals surface area (Å²) in [5.74, 6) is 0.159. The molecule has 0 bridgehead atoms. The molecule has 0 saturated carbocycles. The largest absolute Gasteiger partial charge is 0.493 e. The first-order valence-corrected chi connectivity index (χ1v) is 11.2. The Bertz CT molecular complexity index is 1110. The van der Waals surface area contributed by atoms with Gasteiger partial charge in [0.2, 0.25) is 0 Å². The van der Waals surface area contributed by atoms with Gasteiger partial charge in [-0.15, -0.1) is 6.58 Å². The Hall–Kier alpha value is -3.52. The summed E-state index contributed by atoms with van der Waals surface area (Å²) >= 11 is 1.27. The number of ether oxygens (including phenoxy) is 3. The van der Waals surface area contributed by atoms with E-state index in [4.69, 9.17) is 9.47 Å². The van der Waals surface area contributed by atoms with Crippen LogP contribution in [-0.4, -0.2) is 37.9 Å². The van der Waals surface area contributed by atoms with Gasteiger partial charge in [0, 0.05) is 5.56 Å². The summed E-state index contributed by atoms with van der Waals surface area (Å²) in [4.78, 5) is 29.1. The van der Waals surface area contributed by atoms with Gasteiger partial charge in [0.15, 0.2) is 23.3 Å². The fourth-order valence-electron chi connectivity index (χ4n) is 3.13. The van der Waals surface area contributed by atoms with Crippen LogP contribution in [0, 0.1) is 0 Å². The van der Waals surface area contributed by atoms with E-state index in [9.17, 15) is 9.59 Å². The fourth-order valence-corrected chi connectivity index (χ4v) is 3.98. The van der Waals surface area contributed by atoms with Crippen molar-refractivity contribution < 1.29 is 23.8 Å². The molecule has 33 heavy (non-hydrogen) atoms. The van der Waals surface area contributed by atoms with Crippen LogP contribution in [0.25, 0.3) is 6.08 Å². The number of hydrogen-bond acceptors (Lipinski definition) is 7. The molecule has 172 valence electrons. The summed E-state index contributed by atoms with van der Waals surface area (Å²) in [6.45, 7) is 5.64. The highest BCUT2D eigenvalue weighted by Crippen LogP contribution is 2.36. The van der Waals surface area contributed by atoms with Gasteiger partial charge < -0.3 is 19.5 Å². The van der Waals surface area contributed by atoms with Crippen molar-refractivity contribution in [2.24, 2.45) is 4.99 Å². The van der Waals surface area contributed by atoms with Crippen LogP contribution in [0.15, 0.2) is 59.0 Å². The Morgan fingerprint density at radius 2 is 1.97 bits per heavy atom. The van der Waals surface area contributed by atoms with E-state index in [0.29, 0.717) is 28.0 Å². The molecule has 0 spiro atoms. The summed E-state index contributed by atoms with van der Waals surface area (Å²) < 4.78 is 15.8. The Morgan fingerprint density at radius 1 is 1.21 bits per heavy atom. The zero-order chi connectivity index (χ0) is 23.8. The zero-order valence-corrected chi connectivity index (χ0v) is 19.7. The van der Waals surface area contributed by atoms with Crippen molar-refractivity contribution in [3.05, 3.63) is 70.6 Å². The van der Waals surface area contributed by atoms with Gasteiger partial charge in [0.05, 0.1) is 24.8 Å². The predicted octanol–water partition coefficient (Wildman–Crippen LogP) is 4.43. The van der Waals surface area contributed by atoms with Crippen molar-refractivity contribution in [1.29, 1.82) is 0 Å². The zero-order valence-electron chi connectivity index (χ0n) is 18.8. The van der Waals surface area contributed by atoms with Crippen LogP contribution in [0.5, 0.6) is 11.5 Å². The summed E-state index contributed by atoms with van der Waals surface area (Å²) in [6, 6.07) is 11.5. The molecule has 1 N–H and O–H groups in total. The highest BCUT2D eigenvalue weighted by atomic mass is 32.2. The molecule has 1 fully saturated rings. The summed E-state index contributed by atoms with van der Waals surface area (Å²) in [5, 5.41) is 3.32. The van der Waals surface area contributed by atoms with Crippen LogP contribution < -0.4 is 14.8 Å². The number of allylic oxidation sites excluding steroid dienone is 1. The first kappa shape index (κ1) is 24.1. The van der Waals surface area contributed by atoms with E-state index in [-0.39, 0.29) is 12.5 Å². The molecule has 1 amide bonds. The molecule has 1 heterocycles. The van der Waals surface area contributed by atoms with Gasteiger partial charge in [-0.25, -0.2) is 9.79 Å². The number of nitrogens with zero attached hydrogens (tertiary/aromatic N) is 1. The van der Waals surface area contributed by atoms with Crippen molar-refractivity contribution in [3.63, 3.8) is 0 Å². The molecular formula is C25H26N2O5S. The lowest BCUT2D eigenvalue weighted by Crippen LogP contribution is -2.19. The number of amidine groups is 1. The number of esters is 1. The maximum Gasteiger partial charge on any atom is 0.343 e. The monoisotopic (exact) mass is 466 g/mol. The van der Waals surface area contributed by atoms with Gasteiger partial charge >= 0.3 is 5.97 Å². The molecule has 0 radical (unpaired) electrons. The molecule has 0 aliphatic carbocycles. The topological polar surface area (TPSA) is 86.2 Å². The van der Waals surface area contributed by atoms with E-state index in [2.05, 4.69) is 28.5 Å². The molecule has 7 nitrogen and oxygen atoms in total. The average Bonchev–Trinajstić information content (AvgIpc) is 3.16. The summed E-state index contributed by atoms with van der Waals surface area (Å²) in [5.41, 5.74) is 3.53. The van der Waals surface area contributed by atoms with E-state index in [0.717, 1.165) is 23.2 Å². The average molecular weight is 467 g/mol. The smallest absolute Gasteiger partial charge is 0.343 e. The quantitative estimate of drug-likeness (QED) is 0.334. The van der Waals surface area contributed by atoms with Crippen LogP contribution in [0.1, 0.15) is 23.6 Å². The highest BCUT2D eigenvalue weighted by molar-refractivity contribution is 8.18. The number of rotatable bonds is 9. The number of carbonyl (C=O) groups excluding carboxylic acids is 2. The SMILES string of the molecule is C=CCc1cc(/C=C2\SC(=Nc3ccc(CC)cc3)NC2=O)cc(OC)c1OCC(=O)OC. The number of aryl methyl sites for hydroxylation is 1. The van der Waals surface area contributed by atoms with E-state index in [1.165, 1.54) is 31.5 Å². The molecule has 1 saturated heterocycles. The predicted molar refractivity (Wildman–Crippen MR) is 131 cm³/mol. The number of carbonyl (C=O) groups is 2. The molecular weight excluding hydrogens is 440 g/mol. The highest BCUT2D eigenvalue weighted by Gasteiger charge is 2.24. The van der Waals surface area contributed by atoms with Gasteiger partial charge in [0.25, 0.3) is 5.91 Å².